The van der Waals surface area contributed by atoms with Crippen molar-refractivity contribution in [2.24, 2.45) is 10.9 Å². The van der Waals surface area contributed by atoms with Gasteiger partial charge in [0.2, 0.25) is 0 Å². The summed E-state index contributed by atoms with van der Waals surface area (Å²) in [5.41, 5.74) is 0. The minimum absolute atomic E-state index is 0. The van der Waals surface area contributed by atoms with Gasteiger partial charge < -0.3 is 20.1 Å². The van der Waals surface area contributed by atoms with Gasteiger partial charge in [0, 0.05) is 33.2 Å². The van der Waals surface area contributed by atoms with Gasteiger partial charge in [0.25, 0.3) is 0 Å². The maximum Gasteiger partial charge on any atom is 0.191 e. The lowest BCUT2D eigenvalue weighted by Crippen LogP contribution is -2.50. The molecule has 0 aliphatic carbocycles. The molecule has 1 aromatic carbocycles. The van der Waals surface area contributed by atoms with E-state index < -0.39 is 0 Å². The van der Waals surface area contributed by atoms with Crippen LogP contribution in [0.1, 0.15) is 20.8 Å². The lowest BCUT2D eigenvalue weighted by molar-refractivity contribution is -0.0284. The van der Waals surface area contributed by atoms with E-state index in [4.69, 9.17) is 9.47 Å². The third kappa shape index (κ3) is 9.62. The summed E-state index contributed by atoms with van der Waals surface area (Å²) in [4.78, 5) is 6.77. The number of halogens is 1. The second-order valence-electron chi connectivity index (χ2n) is 7.22. The highest BCUT2D eigenvalue weighted by Gasteiger charge is 2.21. The highest BCUT2D eigenvalue weighted by molar-refractivity contribution is 14.0. The molecule has 6 nitrogen and oxygen atoms in total. The number of benzene rings is 1. The van der Waals surface area contributed by atoms with Crippen molar-refractivity contribution in [1.82, 2.24) is 15.5 Å². The van der Waals surface area contributed by atoms with Crippen LogP contribution in [0.4, 0.5) is 0 Å². The summed E-state index contributed by atoms with van der Waals surface area (Å²) < 4.78 is 11.8. The minimum atomic E-state index is 0. The van der Waals surface area contributed by atoms with E-state index in [0.717, 1.165) is 44.5 Å². The largest absolute Gasteiger partial charge is 0.489 e. The Kier molecular flexibility index (Phi) is 11.7. The van der Waals surface area contributed by atoms with E-state index in [2.05, 4.69) is 34.4 Å². The topological polar surface area (TPSA) is 58.1 Å². The molecule has 2 atom stereocenters. The molecule has 2 unspecified atom stereocenters. The molecule has 2 rings (SSSR count). The van der Waals surface area contributed by atoms with E-state index in [0.29, 0.717) is 12.5 Å². The number of hydrogen-bond donors (Lipinski definition) is 2. The van der Waals surface area contributed by atoms with Crippen molar-refractivity contribution in [2.45, 2.75) is 33.0 Å². The summed E-state index contributed by atoms with van der Waals surface area (Å²) in [6, 6.07) is 9.86. The van der Waals surface area contributed by atoms with Crippen LogP contribution in [0.5, 0.6) is 5.75 Å². The highest BCUT2D eigenvalue weighted by Crippen LogP contribution is 2.10. The van der Waals surface area contributed by atoms with Crippen LogP contribution in [-0.2, 0) is 4.74 Å². The predicted molar refractivity (Wildman–Crippen MR) is 122 cm³/mol. The van der Waals surface area contributed by atoms with E-state index in [-0.39, 0.29) is 36.2 Å². The molecule has 1 saturated heterocycles. The zero-order valence-electron chi connectivity index (χ0n) is 17.0. The van der Waals surface area contributed by atoms with Crippen LogP contribution in [0.25, 0.3) is 0 Å². The second-order valence-corrected chi connectivity index (χ2v) is 7.22. The minimum Gasteiger partial charge on any atom is -0.489 e. The van der Waals surface area contributed by atoms with Gasteiger partial charge in [-0.2, -0.15) is 0 Å². The third-order valence-electron chi connectivity index (χ3n) is 4.20. The summed E-state index contributed by atoms with van der Waals surface area (Å²) in [6.07, 6.45) is 0.238. The molecule has 1 aromatic rings. The van der Waals surface area contributed by atoms with Gasteiger partial charge in [-0.3, -0.25) is 9.89 Å². The molecule has 2 N–H and O–H groups in total. The lowest BCUT2D eigenvalue weighted by atomic mass is 10.2. The van der Waals surface area contributed by atoms with E-state index in [1.807, 2.05) is 37.3 Å². The normalized spacial score (nSPS) is 19.3. The first-order valence-electron chi connectivity index (χ1n) is 9.57. The number of morpholine rings is 1. The van der Waals surface area contributed by atoms with Crippen LogP contribution in [0.2, 0.25) is 0 Å². The molecule has 7 heteroatoms. The Balaban J connectivity index is 0.00000364. The maximum atomic E-state index is 5.88. The molecule has 1 aliphatic heterocycles. The number of aliphatic imine (C=N–C) groups is 1. The van der Waals surface area contributed by atoms with Gasteiger partial charge in [0.1, 0.15) is 11.9 Å². The van der Waals surface area contributed by atoms with E-state index in [1.54, 1.807) is 7.05 Å². The SMILES string of the molecule is CN=C(NCC(C)Oc1ccccc1)NCC1CN(CC(C)C)CCO1.I. The summed E-state index contributed by atoms with van der Waals surface area (Å²) in [6.45, 7) is 11.9. The Labute approximate surface area is 181 Å². The molecule has 1 heterocycles. The standard InChI is InChI=1S/C20H34N4O2.HI/c1-16(2)14-24-10-11-25-19(15-24)13-23-20(21-4)22-12-17(3)26-18-8-6-5-7-9-18;/h5-9,16-17,19H,10-15H2,1-4H3,(H2,21,22,23);1H. The first-order valence-corrected chi connectivity index (χ1v) is 9.57. The van der Waals surface area contributed by atoms with Gasteiger partial charge in [0.15, 0.2) is 5.96 Å². The molecule has 0 spiro atoms. The molecular formula is C20H35IN4O2. The van der Waals surface area contributed by atoms with Crippen molar-refractivity contribution in [3.05, 3.63) is 30.3 Å². The number of hydrogen-bond acceptors (Lipinski definition) is 4. The molecule has 0 saturated carbocycles. The fraction of sp³-hybridized carbons (Fsp3) is 0.650. The van der Waals surface area contributed by atoms with Crippen molar-refractivity contribution in [3.8, 4) is 5.75 Å². The maximum absolute atomic E-state index is 5.88. The number of nitrogens with zero attached hydrogens (tertiary/aromatic N) is 2. The van der Waals surface area contributed by atoms with Gasteiger partial charge in [-0.1, -0.05) is 32.0 Å². The molecule has 1 aliphatic rings. The van der Waals surface area contributed by atoms with Crippen molar-refractivity contribution in [3.63, 3.8) is 0 Å². The molecule has 27 heavy (non-hydrogen) atoms. The quantitative estimate of drug-likeness (QED) is 0.334. The Bertz CT molecular complexity index is 542. The molecule has 1 fully saturated rings. The summed E-state index contributed by atoms with van der Waals surface area (Å²) in [5.74, 6) is 2.34. The van der Waals surface area contributed by atoms with Crippen molar-refractivity contribution >= 4 is 29.9 Å². The Hall–Kier alpha value is -1.06. The highest BCUT2D eigenvalue weighted by atomic mass is 127. The van der Waals surface area contributed by atoms with E-state index >= 15 is 0 Å². The van der Waals surface area contributed by atoms with Crippen LogP contribution in [0, 0.1) is 5.92 Å². The number of nitrogens with one attached hydrogen (secondary N) is 2. The van der Waals surface area contributed by atoms with Gasteiger partial charge in [0.05, 0.1) is 19.3 Å². The molecule has 0 aromatic heterocycles. The van der Waals surface area contributed by atoms with Crippen molar-refractivity contribution in [1.29, 1.82) is 0 Å². The first kappa shape index (κ1) is 24.0. The van der Waals surface area contributed by atoms with Crippen LogP contribution >= 0.6 is 24.0 Å². The van der Waals surface area contributed by atoms with Crippen molar-refractivity contribution in [2.75, 3.05) is 46.4 Å². The van der Waals surface area contributed by atoms with Gasteiger partial charge in [-0.15, -0.1) is 24.0 Å². The van der Waals surface area contributed by atoms with Crippen molar-refractivity contribution < 1.29 is 9.47 Å². The smallest absolute Gasteiger partial charge is 0.191 e. The number of para-hydroxylation sites is 1. The first-order chi connectivity index (χ1) is 12.6. The van der Waals surface area contributed by atoms with Crippen LogP contribution < -0.4 is 15.4 Å². The Morgan fingerprint density at radius 1 is 1.26 bits per heavy atom. The zero-order chi connectivity index (χ0) is 18.8. The summed E-state index contributed by atoms with van der Waals surface area (Å²) in [7, 11) is 1.78. The second kappa shape index (κ2) is 13.2. The van der Waals surface area contributed by atoms with Gasteiger partial charge in [-0.25, -0.2) is 0 Å². The number of guanidine groups is 1. The fourth-order valence-electron chi connectivity index (χ4n) is 3.03. The number of ether oxygens (including phenoxy) is 2. The van der Waals surface area contributed by atoms with Crippen LogP contribution in [0.15, 0.2) is 35.3 Å². The summed E-state index contributed by atoms with van der Waals surface area (Å²) >= 11 is 0. The molecule has 0 radical (unpaired) electrons. The Morgan fingerprint density at radius 2 is 2.00 bits per heavy atom. The zero-order valence-corrected chi connectivity index (χ0v) is 19.3. The molecule has 0 amide bonds. The predicted octanol–water partition coefficient (Wildman–Crippen LogP) is 2.59. The molecular weight excluding hydrogens is 455 g/mol. The summed E-state index contributed by atoms with van der Waals surface area (Å²) in [5, 5.41) is 6.68. The van der Waals surface area contributed by atoms with Gasteiger partial charge >= 0.3 is 0 Å². The average molecular weight is 490 g/mol. The number of rotatable bonds is 8. The Morgan fingerprint density at radius 3 is 2.67 bits per heavy atom. The van der Waals surface area contributed by atoms with Crippen LogP contribution in [0.3, 0.4) is 0 Å². The van der Waals surface area contributed by atoms with Gasteiger partial charge in [-0.05, 0) is 25.0 Å². The fourth-order valence-corrected chi connectivity index (χ4v) is 3.03. The van der Waals surface area contributed by atoms with Crippen LogP contribution in [-0.4, -0.2) is 69.4 Å². The van der Waals surface area contributed by atoms with E-state index in [1.165, 1.54) is 0 Å². The average Bonchev–Trinajstić information content (AvgIpc) is 2.62. The monoisotopic (exact) mass is 490 g/mol. The molecule has 154 valence electrons. The molecule has 0 bridgehead atoms. The van der Waals surface area contributed by atoms with E-state index in [9.17, 15) is 0 Å². The third-order valence-corrected chi connectivity index (χ3v) is 4.20. The lowest BCUT2D eigenvalue weighted by Gasteiger charge is -2.34.